The van der Waals surface area contributed by atoms with Crippen LogP contribution in [0.25, 0.3) is 0 Å². The van der Waals surface area contributed by atoms with Crippen molar-refractivity contribution in [2.45, 2.75) is 39.2 Å². The minimum absolute atomic E-state index is 0.0880. The second-order valence-corrected chi connectivity index (χ2v) is 5.97. The van der Waals surface area contributed by atoms with Gasteiger partial charge in [0.25, 0.3) is 11.8 Å². The summed E-state index contributed by atoms with van der Waals surface area (Å²) in [6.07, 6.45) is 0.531. The topological polar surface area (TPSA) is 72.9 Å². The second-order valence-electron chi connectivity index (χ2n) is 5.97. The van der Waals surface area contributed by atoms with Gasteiger partial charge in [0.2, 0.25) is 0 Å². The third-order valence-corrected chi connectivity index (χ3v) is 2.92. The lowest BCUT2D eigenvalue weighted by molar-refractivity contribution is -0.155. The Bertz CT molecular complexity index is 568. The van der Waals surface area contributed by atoms with Crippen LogP contribution in [-0.4, -0.2) is 35.1 Å². The fraction of sp³-hybridized carbons (Fsp3) is 0.438. The van der Waals surface area contributed by atoms with Crippen molar-refractivity contribution in [3.05, 3.63) is 35.4 Å². The van der Waals surface area contributed by atoms with Crippen molar-refractivity contribution >= 4 is 17.8 Å². The molecule has 22 heavy (non-hydrogen) atoms. The molecular weight excluding hydrogens is 286 g/mol. The van der Waals surface area contributed by atoms with Crippen molar-refractivity contribution in [2.24, 2.45) is 0 Å². The van der Waals surface area contributed by atoms with Crippen LogP contribution < -0.4 is 0 Å². The van der Waals surface area contributed by atoms with E-state index in [0.29, 0.717) is 17.5 Å². The van der Waals surface area contributed by atoms with Crippen LogP contribution in [-0.2, 0) is 14.4 Å². The number of amides is 2. The Morgan fingerprint density at radius 3 is 2.14 bits per heavy atom. The summed E-state index contributed by atoms with van der Waals surface area (Å²) in [6, 6.07) is 6.55. The number of ether oxygens (including phenoxy) is 1. The fourth-order valence-corrected chi connectivity index (χ4v) is 2.05. The van der Waals surface area contributed by atoms with Crippen LogP contribution in [0.2, 0.25) is 0 Å². The first-order valence-corrected chi connectivity index (χ1v) is 7.12. The Kier molecular flexibility index (Phi) is 4.61. The van der Waals surface area contributed by atoms with Gasteiger partial charge in [0.05, 0.1) is 17.7 Å². The molecule has 6 nitrogen and oxygen atoms in total. The number of hydroxylamine groups is 2. The molecule has 1 heterocycles. The highest BCUT2D eigenvalue weighted by atomic mass is 16.7. The van der Waals surface area contributed by atoms with Crippen LogP contribution in [0.3, 0.4) is 0 Å². The van der Waals surface area contributed by atoms with E-state index in [4.69, 9.17) is 9.57 Å². The normalized spacial score (nSPS) is 14.2. The first-order chi connectivity index (χ1) is 10.3. The molecule has 0 saturated heterocycles. The van der Waals surface area contributed by atoms with Gasteiger partial charge in [-0.05, 0) is 39.3 Å². The Morgan fingerprint density at radius 1 is 1.09 bits per heavy atom. The summed E-state index contributed by atoms with van der Waals surface area (Å²) < 4.78 is 5.16. The third-order valence-electron chi connectivity index (χ3n) is 2.92. The largest absolute Gasteiger partial charge is 0.460 e. The van der Waals surface area contributed by atoms with Crippen LogP contribution >= 0.6 is 0 Å². The molecular formula is C16H19NO5. The van der Waals surface area contributed by atoms with Gasteiger partial charge in [-0.1, -0.05) is 12.1 Å². The summed E-state index contributed by atoms with van der Waals surface area (Å²) >= 11 is 0. The zero-order chi connectivity index (χ0) is 16.3. The molecule has 1 aliphatic heterocycles. The maximum absolute atomic E-state index is 12.0. The molecule has 0 aromatic heterocycles. The maximum Gasteiger partial charge on any atom is 0.306 e. The van der Waals surface area contributed by atoms with Crippen molar-refractivity contribution in [1.82, 2.24) is 5.06 Å². The highest BCUT2D eigenvalue weighted by Crippen LogP contribution is 2.22. The van der Waals surface area contributed by atoms with E-state index in [1.165, 1.54) is 0 Å². The van der Waals surface area contributed by atoms with Gasteiger partial charge in [-0.25, -0.2) is 0 Å². The predicted octanol–water partition coefficient (Wildman–Crippen LogP) is 2.34. The van der Waals surface area contributed by atoms with Gasteiger partial charge in [-0.3, -0.25) is 19.2 Å². The van der Waals surface area contributed by atoms with Crippen molar-refractivity contribution in [3.63, 3.8) is 0 Å². The molecule has 0 saturated carbocycles. The van der Waals surface area contributed by atoms with Gasteiger partial charge in [0.15, 0.2) is 0 Å². The molecule has 0 bridgehead atoms. The van der Waals surface area contributed by atoms with E-state index in [9.17, 15) is 14.4 Å². The predicted molar refractivity (Wildman–Crippen MR) is 78.0 cm³/mol. The molecule has 6 heteroatoms. The smallest absolute Gasteiger partial charge is 0.306 e. The van der Waals surface area contributed by atoms with E-state index in [0.717, 1.165) is 5.06 Å². The molecule has 118 valence electrons. The number of rotatable bonds is 5. The quantitative estimate of drug-likeness (QED) is 0.474. The van der Waals surface area contributed by atoms with E-state index in [-0.39, 0.29) is 19.0 Å². The van der Waals surface area contributed by atoms with Crippen LogP contribution in [0.4, 0.5) is 0 Å². The molecule has 0 aliphatic carbocycles. The van der Waals surface area contributed by atoms with Crippen LogP contribution in [0.1, 0.15) is 54.3 Å². The second kappa shape index (κ2) is 6.27. The molecule has 2 rings (SSSR count). The molecule has 1 aromatic rings. The van der Waals surface area contributed by atoms with Crippen molar-refractivity contribution in [3.8, 4) is 0 Å². The summed E-state index contributed by atoms with van der Waals surface area (Å²) in [5.74, 6) is -1.28. The molecule has 0 N–H and O–H groups in total. The first-order valence-electron chi connectivity index (χ1n) is 7.12. The molecule has 0 spiro atoms. The minimum Gasteiger partial charge on any atom is -0.460 e. The average Bonchev–Trinajstić information content (AvgIpc) is 2.67. The summed E-state index contributed by atoms with van der Waals surface area (Å²) in [4.78, 5) is 40.8. The summed E-state index contributed by atoms with van der Waals surface area (Å²) in [6.45, 7) is 5.46. The monoisotopic (exact) mass is 305 g/mol. The Hall–Kier alpha value is -2.21. The zero-order valence-electron chi connectivity index (χ0n) is 12.9. The third kappa shape index (κ3) is 3.71. The molecule has 0 radical (unpaired) electrons. The van der Waals surface area contributed by atoms with Gasteiger partial charge in [0.1, 0.15) is 5.60 Å². The van der Waals surface area contributed by atoms with E-state index in [1.54, 1.807) is 45.0 Å². The minimum atomic E-state index is -0.527. The Balaban J connectivity index is 1.81. The first kappa shape index (κ1) is 16.2. The van der Waals surface area contributed by atoms with Crippen molar-refractivity contribution in [1.29, 1.82) is 0 Å². The van der Waals surface area contributed by atoms with Crippen LogP contribution in [0, 0.1) is 0 Å². The number of carbonyl (C=O) groups is 3. The highest BCUT2D eigenvalue weighted by molar-refractivity contribution is 6.20. The molecule has 0 fully saturated rings. The standard InChI is InChI=1S/C16H19NO5/c1-16(2,3)22-13(18)9-6-10-21-17-14(19)11-7-4-5-8-12(11)15(17)20/h4-5,7-8H,6,9-10H2,1-3H3. The molecule has 0 unspecified atom stereocenters. The van der Waals surface area contributed by atoms with Crippen molar-refractivity contribution < 1.29 is 24.0 Å². The zero-order valence-corrected chi connectivity index (χ0v) is 12.9. The number of nitrogens with zero attached hydrogens (tertiary/aromatic N) is 1. The van der Waals surface area contributed by atoms with E-state index < -0.39 is 17.4 Å². The molecule has 2 amide bonds. The molecule has 1 aliphatic rings. The number of carbonyl (C=O) groups excluding carboxylic acids is 3. The average molecular weight is 305 g/mol. The summed E-state index contributed by atoms with van der Waals surface area (Å²) in [7, 11) is 0. The summed E-state index contributed by atoms with van der Waals surface area (Å²) in [5, 5.41) is 0.750. The highest BCUT2D eigenvalue weighted by Gasteiger charge is 2.36. The fourth-order valence-electron chi connectivity index (χ4n) is 2.05. The van der Waals surface area contributed by atoms with Crippen LogP contribution in [0.15, 0.2) is 24.3 Å². The van der Waals surface area contributed by atoms with E-state index in [1.807, 2.05) is 0 Å². The maximum atomic E-state index is 12.0. The SMILES string of the molecule is CC(C)(C)OC(=O)CCCON1C(=O)c2ccccc2C1=O. The van der Waals surface area contributed by atoms with Gasteiger partial charge in [-0.2, -0.15) is 0 Å². The van der Waals surface area contributed by atoms with Gasteiger partial charge < -0.3 is 4.74 Å². The lowest BCUT2D eigenvalue weighted by Crippen LogP contribution is -2.30. The Morgan fingerprint density at radius 2 is 1.64 bits per heavy atom. The number of fused-ring (bicyclic) bond motifs is 1. The lowest BCUT2D eigenvalue weighted by Gasteiger charge is -2.19. The number of hydrogen-bond acceptors (Lipinski definition) is 5. The van der Waals surface area contributed by atoms with Gasteiger partial charge in [-0.15, -0.1) is 5.06 Å². The van der Waals surface area contributed by atoms with E-state index >= 15 is 0 Å². The number of imide groups is 1. The summed E-state index contributed by atoms with van der Waals surface area (Å²) in [5.41, 5.74) is 0.139. The number of hydrogen-bond donors (Lipinski definition) is 0. The van der Waals surface area contributed by atoms with Gasteiger partial charge in [0, 0.05) is 6.42 Å². The van der Waals surface area contributed by atoms with Crippen molar-refractivity contribution in [2.75, 3.05) is 6.61 Å². The molecule has 0 atom stereocenters. The van der Waals surface area contributed by atoms with Gasteiger partial charge >= 0.3 is 5.97 Å². The number of benzene rings is 1. The molecule has 1 aromatic carbocycles. The Labute approximate surface area is 129 Å². The van der Waals surface area contributed by atoms with E-state index in [2.05, 4.69) is 0 Å². The lowest BCUT2D eigenvalue weighted by atomic mass is 10.1. The number of esters is 1. The van der Waals surface area contributed by atoms with Crippen LogP contribution in [0.5, 0.6) is 0 Å².